The monoisotopic (exact) mass is 325 g/mol. The molecule has 3 rings (SSSR count). The maximum atomic E-state index is 13.6. The molecule has 0 saturated heterocycles. The SMILES string of the molecule is Fc1cc(Cl)cnc1Oc1ccc(-c2nnn[nH]2)cc1Cl. The molecule has 106 valence electrons. The molecule has 0 aliphatic rings. The van der Waals surface area contributed by atoms with Crippen LogP contribution in [0.1, 0.15) is 0 Å². The Morgan fingerprint density at radius 1 is 1.19 bits per heavy atom. The van der Waals surface area contributed by atoms with Crippen LogP contribution in [0, 0.1) is 5.82 Å². The van der Waals surface area contributed by atoms with E-state index in [0.717, 1.165) is 6.07 Å². The number of aromatic amines is 1. The Labute approximate surface area is 127 Å². The number of hydrogen-bond donors (Lipinski definition) is 1. The van der Waals surface area contributed by atoms with Crippen LogP contribution in [0.2, 0.25) is 10.0 Å². The Morgan fingerprint density at radius 3 is 2.71 bits per heavy atom. The fourth-order valence-corrected chi connectivity index (χ4v) is 1.96. The van der Waals surface area contributed by atoms with E-state index >= 15 is 0 Å². The van der Waals surface area contributed by atoms with Crippen molar-refractivity contribution in [3.8, 4) is 23.0 Å². The second-order valence-corrected chi connectivity index (χ2v) is 4.78. The third-order valence-electron chi connectivity index (χ3n) is 2.53. The number of H-pyrrole nitrogens is 1. The molecule has 0 unspecified atom stereocenters. The van der Waals surface area contributed by atoms with Crippen LogP contribution < -0.4 is 4.74 Å². The fraction of sp³-hybridized carbons (Fsp3) is 0. The highest BCUT2D eigenvalue weighted by atomic mass is 35.5. The zero-order chi connectivity index (χ0) is 14.8. The minimum atomic E-state index is -0.679. The molecule has 0 spiro atoms. The van der Waals surface area contributed by atoms with Gasteiger partial charge >= 0.3 is 0 Å². The normalized spacial score (nSPS) is 10.6. The number of rotatable bonds is 3. The summed E-state index contributed by atoms with van der Waals surface area (Å²) >= 11 is 11.7. The first-order valence-electron chi connectivity index (χ1n) is 5.66. The second-order valence-electron chi connectivity index (χ2n) is 3.94. The van der Waals surface area contributed by atoms with Crippen molar-refractivity contribution in [1.29, 1.82) is 0 Å². The molecule has 1 aromatic carbocycles. The molecule has 0 aliphatic heterocycles. The summed E-state index contributed by atoms with van der Waals surface area (Å²) in [7, 11) is 0. The van der Waals surface area contributed by atoms with Crippen LogP contribution in [0.4, 0.5) is 4.39 Å². The lowest BCUT2D eigenvalue weighted by Crippen LogP contribution is -1.93. The molecule has 0 amide bonds. The number of aromatic nitrogens is 5. The molecule has 0 saturated carbocycles. The van der Waals surface area contributed by atoms with E-state index in [1.54, 1.807) is 18.2 Å². The number of pyridine rings is 1. The first-order chi connectivity index (χ1) is 10.1. The van der Waals surface area contributed by atoms with Crippen molar-refractivity contribution in [3.05, 3.63) is 46.3 Å². The van der Waals surface area contributed by atoms with Gasteiger partial charge < -0.3 is 4.74 Å². The molecule has 0 radical (unpaired) electrons. The highest BCUT2D eigenvalue weighted by molar-refractivity contribution is 6.32. The summed E-state index contributed by atoms with van der Waals surface area (Å²) in [6, 6.07) is 5.94. The average molecular weight is 326 g/mol. The summed E-state index contributed by atoms with van der Waals surface area (Å²) < 4.78 is 19.0. The van der Waals surface area contributed by atoms with E-state index < -0.39 is 5.82 Å². The van der Waals surface area contributed by atoms with E-state index in [1.165, 1.54) is 6.20 Å². The number of ether oxygens (including phenoxy) is 1. The van der Waals surface area contributed by atoms with Crippen molar-refractivity contribution in [3.63, 3.8) is 0 Å². The molecule has 2 heterocycles. The highest BCUT2D eigenvalue weighted by Crippen LogP contribution is 2.32. The van der Waals surface area contributed by atoms with Gasteiger partial charge in [-0.2, -0.15) is 0 Å². The lowest BCUT2D eigenvalue weighted by molar-refractivity contribution is 0.423. The Bertz CT molecular complexity index is 781. The first kappa shape index (κ1) is 13.7. The summed E-state index contributed by atoms with van der Waals surface area (Å²) in [5, 5.41) is 13.8. The molecule has 2 aromatic heterocycles. The Balaban J connectivity index is 1.89. The quantitative estimate of drug-likeness (QED) is 0.797. The molecule has 1 N–H and O–H groups in total. The molecule has 3 aromatic rings. The number of nitrogens with one attached hydrogen (secondary N) is 1. The van der Waals surface area contributed by atoms with E-state index in [4.69, 9.17) is 27.9 Å². The number of nitrogens with zero attached hydrogens (tertiary/aromatic N) is 4. The summed E-state index contributed by atoms with van der Waals surface area (Å²) in [4.78, 5) is 3.76. The minimum Gasteiger partial charge on any atom is -0.435 e. The summed E-state index contributed by atoms with van der Waals surface area (Å²) in [5.74, 6) is -0.182. The zero-order valence-corrected chi connectivity index (χ0v) is 11.7. The van der Waals surface area contributed by atoms with Crippen molar-refractivity contribution in [2.45, 2.75) is 0 Å². The molecular formula is C12H6Cl2FN5O. The van der Waals surface area contributed by atoms with Gasteiger partial charge in [0.2, 0.25) is 0 Å². The number of hydrogen-bond acceptors (Lipinski definition) is 5. The van der Waals surface area contributed by atoms with Crippen molar-refractivity contribution >= 4 is 23.2 Å². The third-order valence-corrected chi connectivity index (χ3v) is 3.03. The van der Waals surface area contributed by atoms with E-state index in [0.29, 0.717) is 11.4 Å². The Hall–Kier alpha value is -2.25. The predicted octanol–water partition coefficient (Wildman–Crippen LogP) is 3.50. The molecule has 0 aliphatic carbocycles. The van der Waals surface area contributed by atoms with Gasteiger partial charge in [0.15, 0.2) is 11.6 Å². The minimum absolute atomic E-state index is 0.180. The van der Waals surface area contributed by atoms with Gasteiger partial charge in [-0.15, -0.1) is 5.10 Å². The topological polar surface area (TPSA) is 76.6 Å². The first-order valence-corrected chi connectivity index (χ1v) is 6.41. The van der Waals surface area contributed by atoms with Crippen LogP contribution in [-0.4, -0.2) is 25.6 Å². The van der Waals surface area contributed by atoms with Crippen LogP contribution in [0.5, 0.6) is 11.6 Å². The van der Waals surface area contributed by atoms with E-state index in [9.17, 15) is 4.39 Å². The third kappa shape index (κ3) is 2.93. The maximum Gasteiger partial charge on any atom is 0.256 e. The number of tetrazole rings is 1. The molecule has 21 heavy (non-hydrogen) atoms. The van der Waals surface area contributed by atoms with Crippen LogP contribution in [0.3, 0.4) is 0 Å². The Kier molecular flexibility index (Phi) is 3.68. The van der Waals surface area contributed by atoms with E-state index in [-0.39, 0.29) is 21.7 Å². The van der Waals surface area contributed by atoms with Crippen molar-refractivity contribution in [2.75, 3.05) is 0 Å². The van der Waals surface area contributed by atoms with Crippen molar-refractivity contribution in [1.82, 2.24) is 25.6 Å². The molecular weight excluding hydrogens is 320 g/mol. The summed E-state index contributed by atoms with van der Waals surface area (Å²) in [5.41, 5.74) is 0.668. The average Bonchev–Trinajstić information content (AvgIpc) is 2.98. The van der Waals surface area contributed by atoms with Crippen LogP contribution in [0.25, 0.3) is 11.4 Å². The van der Waals surface area contributed by atoms with Crippen molar-refractivity contribution < 1.29 is 9.13 Å². The smallest absolute Gasteiger partial charge is 0.256 e. The van der Waals surface area contributed by atoms with Gasteiger partial charge in [-0.05, 0) is 34.7 Å². The molecule has 6 nitrogen and oxygen atoms in total. The van der Waals surface area contributed by atoms with Gasteiger partial charge in [0.1, 0.15) is 5.75 Å². The molecule has 0 fully saturated rings. The van der Waals surface area contributed by atoms with Gasteiger partial charge in [0, 0.05) is 11.8 Å². The molecule has 0 bridgehead atoms. The largest absolute Gasteiger partial charge is 0.435 e. The lowest BCUT2D eigenvalue weighted by atomic mass is 10.2. The fourth-order valence-electron chi connectivity index (χ4n) is 1.59. The predicted molar refractivity (Wildman–Crippen MR) is 73.9 cm³/mol. The van der Waals surface area contributed by atoms with Gasteiger partial charge in [-0.3, -0.25) is 0 Å². The van der Waals surface area contributed by atoms with Gasteiger partial charge in [-0.1, -0.05) is 23.2 Å². The Morgan fingerprint density at radius 2 is 2.05 bits per heavy atom. The zero-order valence-electron chi connectivity index (χ0n) is 10.2. The van der Waals surface area contributed by atoms with Crippen molar-refractivity contribution in [2.24, 2.45) is 0 Å². The van der Waals surface area contributed by atoms with Gasteiger partial charge in [0.25, 0.3) is 5.88 Å². The molecule has 9 heteroatoms. The number of benzene rings is 1. The molecule has 0 atom stereocenters. The van der Waals surface area contributed by atoms with Gasteiger partial charge in [-0.25, -0.2) is 14.5 Å². The summed E-state index contributed by atoms with van der Waals surface area (Å²) in [6.07, 6.45) is 1.28. The maximum absolute atomic E-state index is 13.6. The second kappa shape index (κ2) is 5.63. The number of halogens is 3. The van der Waals surface area contributed by atoms with Crippen LogP contribution >= 0.6 is 23.2 Å². The summed E-state index contributed by atoms with van der Waals surface area (Å²) in [6.45, 7) is 0. The van der Waals surface area contributed by atoms with E-state index in [1.807, 2.05) is 0 Å². The van der Waals surface area contributed by atoms with E-state index in [2.05, 4.69) is 25.6 Å². The lowest BCUT2D eigenvalue weighted by Gasteiger charge is -2.08. The van der Waals surface area contributed by atoms with Gasteiger partial charge in [0.05, 0.1) is 10.0 Å². The van der Waals surface area contributed by atoms with Crippen LogP contribution in [-0.2, 0) is 0 Å². The standard InChI is InChI=1S/C12H6Cl2FN5O/c13-7-4-9(15)12(16-5-7)21-10-2-1-6(3-8(10)14)11-17-19-20-18-11/h1-5H,(H,17,18,19,20). The highest BCUT2D eigenvalue weighted by Gasteiger charge is 2.12. The van der Waals surface area contributed by atoms with Crippen LogP contribution in [0.15, 0.2) is 30.5 Å².